The number of benzene rings is 1. The Balaban J connectivity index is 2.29. The maximum Gasteiger partial charge on any atom is 0.226 e. The van der Waals surface area contributed by atoms with E-state index in [1.807, 2.05) is 11.8 Å². The van der Waals surface area contributed by atoms with E-state index in [-0.39, 0.29) is 16.3 Å². The number of amides is 1. The molecule has 104 valence electrons. The second kappa shape index (κ2) is 5.28. The summed E-state index contributed by atoms with van der Waals surface area (Å²) >= 11 is 3.69. The summed E-state index contributed by atoms with van der Waals surface area (Å²) in [6, 6.07) is 6.81. The van der Waals surface area contributed by atoms with Gasteiger partial charge in [0, 0.05) is 22.5 Å². The third-order valence-electron chi connectivity index (χ3n) is 3.56. The van der Waals surface area contributed by atoms with Crippen molar-refractivity contribution in [3.8, 4) is 0 Å². The Labute approximate surface area is 124 Å². The van der Waals surface area contributed by atoms with Crippen LogP contribution in [0.4, 0.5) is 5.69 Å². The summed E-state index contributed by atoms with van der Waals surface area (Å²) in [7, 11) is 0. The number of hydrogen-bond acceptors (Lipinski definition) is 1. The zero-order valence-corrected chi connectivity index (χ0v) is 13.8. The Morgan fingerprint density at radius 2 is 2.16 bits per heavy atom. The summed E-state index contributed by atoms with van der Waals surface area (Å²) in [4.78, 5) is 14.0. The van der Waals surface area contributed by atoms with Crippen LogP contribution in [0.1, 0.15) is 45.2 Å². The van der Waals surface area contributed by atoms with Crippen LogP contribution in [0.2, 0.25) is 0 Å². The Bertz CT molecular complexity index is 490. The number of rotatable bonds is 3. The molecule has 3 heteroatoms. The fourth-order valence-electron chi connectivity index (χ4n) is 2.83. The zero-order valence-electron chi connectivity index (χ0n) is 12.2. The lowest BCUT2D eigenvalue weighted by molar-refractivity contribution is -0.118. The molecule has 1 amide bonds. The molecule has 1 aromatic carbocycles. The van der Waals surface area contributed by atoms with Gasteiger partial charge >= 0.3 is 0 Å². The van der Waals surface area contributed by atoms with Crippen LogP contribution in [0.15, 0.2) is 18.2 Å². The van der Waals surface area contributed by atoms with Crippen LogP contribution in [0.5, 0.6) is 0 Å². The van der Waals surface area contributed by atoms with Crippen LogP contribution in [0, 0.1) is 0 Å². The number of halogens is 1. The number of carbonyl (C=O) groups excluding carboxylic acids is 1. The fraction of sp³-hybridized carbons (Fsp3) is 0.562. The van der Waals surface area contributed by atoms with E-state index in [1.54, 1.807) is 0 Å². The van der Waals surface area contributed by atoms with Crippen molar-refractivity contribution >= 4 is 27.5 Å². The summed E-state index contributed by atoms with van der Waals surface area (Å²) in [5, 5.41) is 0. The average molecular weight is 324 g/mol. The van der Waals surface area contributed by atoms with Gasteiger partial charge in [0.05, 0.1) is 0 Å². The molecule has 0 bridgehead atoms. The van der Waals surface area contributed by atoms with Crippen molar-refractivity contribution < 1.29 is 4.79 Å². The summed E-state index contributed by atoms with van der Waals surface area (Å²) in [6.07, 6.45) is 2.54. The minimum atomic E-state index is 0.115. The lowest BCUT2D eigenvalue weighted by atomic mass is 9.99. The minimum absolute atomic E-state index is 0.115. The Kier molecular flexibility index (Phi) is 4.05. The number of fused-ring (bicyclic) bond motifs is 1. The summed E-state index contributed by atoms with van der Waals surface area (Å²) < 4.78 is 0.115. The number of anilines is 1. The predicted octanol–water partition coefficient (Wildman–Crippen LogP) is 4.09. The van der Waals surface area contributed by atoms with Crippen molar-refractivity contribution in [2.45, 2.75) is 57.3 Å². The van der Waals surface area contributed by atoms with Gasteiger partial charge in [-0.2, -0.15) is 0 Å². The van der Waals surface area contributed by atoms with E-state index >= 15 is 0 Å². The van der Waals surface area contributed by atoms with Gasteiger partial charge in [0.25, 0.3) is 0 Å². The largest absolute Gasteiger partial charge is 0.309 e. The van der Waals surface area contributed by atoms with Crippen molar-refractivity contribution in [2.75, 3.05) is 4.90 Å². The molecule has 1 aliphatic heterocycles. The van der Waals surface area contributed by atoms with Crippen molar-refractivity contribution in [3.05, 3.63) is 29.3 Å². The van der Waals surface area contributed by atoms with Gasteiger partial charge in [-0.3, -0.25) is 4.79 Å². The monoisotopic (exact) mass is 323 g/mol. The second-order valence-corrected chi connectivity index (χ2v) is 8.18. The first-order valence-corrected chi connectivity index (χ1v) is 7.74. The van der Waals surface area contributed by atoms with Crippen LogP contribution < -0.4 is 4.90 Å². The first-order chi connectivity index (χ1) is 8.81. The summed E-state index contributed by atoms with van der Waals surface area (Å²) in [5.74, 6) is 0.222. The first kappa shape index (κ1) is 14.6. The maximum absolute atomic E-state index is 12.0. The van der Waals surface area contributed by atoms with Crippen molar-refractivity contribution in [1.29, 1.82) is 0 Å². The van der Waals surface area contributed by atoms with Crippen LogP contribution in [-0.4, -0.2) is 16.3 Å². The number of alkyl halides is 1. The van der Waals surface area contributed by atoms with Gasteiger partial charge in [-0.15, -0.1) is 0 Å². The fourth-order valence-corrected chi connectivity index (χ4v) is 3.15. The molecular formula is C16H22BrNO. The van der Waals surface area contributed by atoms with Crippen molar-refractivity contribution in [1.82, 2.24) is 0 Å². The molecule has 0 N–H and O–H groups in total. The van der Waals surface area contributed by atoms with Gasteiger partial charge in [-0.1, -0.05) is 35.0 Å². The highest BCUT2D eigenvalue weighted by Crippen LogP contribution is 2.34. The summed E-state index contributed by atoms with van der Waals surface area (Å²) in [6.45, 7) is 8.40. The average Bonchev–Trinajstić information content (AvgIpc) is 2.61. The Morgan fingerprint density at radius 1 is 1.47 bits per heavy atom. The SMILES string of the molecule is CCC(=O)N1c2ccc(CC(C)(C)Br)cc2CC1C. The Morgan fingerprint density at radius 3 is 2.74 bits per heavy atom. The molecule has 2 rings (SSSR count). The lowest BCUT2D eigenvalue weighted by Gasteiger charge is -2.22. The molecule has 0 fully saturated rings. The van der Waals surface area contributed by atoms with Crippen molar-refractivity contribution in [3.63, 3.8) is 0 Å². The molecule has 2 nitrogen and oxygen atoms in total. The molecule has 0 saturated carbocycles. The van der Waals surface area contributed by atoms with E-state index in [2.05, 4.69) is 54.9 Å². The van der Waals surface area contributed by atoms with E-state index in [0.717, 1.165) is 18.5 Å². The van der Waals surface area contributed by atoms with Gasteiger partial charge in [0.1, 0.15) is 0 Å². The third-order valence-corrected chi connectivity index (χ3v) is 3.84. The molecule has 0 spiro atoms. The lowest BCUT2D eigenvalue weighted by Crippen LogP contribution is -2.35. The summed E-state index contributed by atoms with van der Waals surface area (Å²) in [5.41, 5.74) is 3.75. The van der Waals surface area contributed by atoms with Crippen LogP contribution in [0.3, 0.4) is 0 Å². The molecule has 0 aromatic heterocycles. The molecule has 1 heterocycles. The number of hydrogen-bond donors (Lipinski definition) is 0. The second-order valence-electron chi connectivity index (χ2n) is 6.03. The molecule has 0 radical (unpaired) electrons. The predicted molar refractivity (Wildman–Crippen MR) is 84.1 cm³/mol. The van der Waals surface area contributed by atoms with E-state index in [4.69, 9.17) is 0 Å². The molecule has 19 heavy (non-hydrogen) atoms. The third kappa shape index (κ3) is 3.19. The quantitative estimate of drug-likeness (QED) is 0.767. The molecule has 1 atom stereocenters. The number of nitrogens with zero attached hydrogens (tertiary/aromatic N) is 1. The van der Waals surface area contributed by atoms with Gasteiger partial charge in [0.15, 0.2) is 0 Å². The Hall–Kier alpha value is -0.830. The molecule has 0 saturated heterocycles. The highest BCUT2D eigenvalue weighted by molar-refractivity contribution is 9.10. The minimum Gasteiger partial charge on any atom is -0.309 e. The highest BCUT2D eigenvalue weighted by atomic mass is 79.9. The van der Waals surface area contributed by atoms with Crippen LogP contribution >= 0.6 is 15.9 Å². The normalized spacial score (nSPS) is 18.6. The standard InChI is InChI=1S/C16H22BrNO/c1-5-15(19)18-11(2)8-13-9-12(6-7-14(13)18)10-16(3,4)17/h6-7,9,11H,5,8,10H2,1-4H3. The number of carbonyl (C=O) groups is 1. The highest BCUT2D eigenvalue weighted by Gasteiger charge is 2.30. The van der Waals surface area contributed by atoms with Gasteiger partial charge in [-0.25, -0.2) is 0 Å². The van der Waals surface area contributed by atoms with E-state index in [1.165, 1.54) is 11.1 Å². The molecule has 0 aliphatic carbocycles. The molecular weight excluding hydrogens is 302 g/mol. The van der Waals surface area contributed by atoms with Gasteiger partial charge in [0.2, 0.25) is 5.91 Å². The topological polar surface area (TPSA) is 20.3 Å². The molecule has 1 unspecified atom stereocenters. The molecule has 1 aliphatic rings. The van der Waals surface area contributed by atoms with Gasteiger partial charge in [-0.05, 0) is 50.8 Å². The molecule has 1 aromatic rings. The zero-order chi connectivity index (χ0) is 14.2. The maximum atomic E-state index is 12.0. The van der Waals surface area contributed by atoms with E-state index in [0.29, 0.717) is 6.42 Å². The first-order valence-electron chi connectivity index (χ1n) is 6.94. The van der Waals surface area contributed by atoms with Crippen LogP contribution in [0.25, 0.3) is 0 Å². The smallest absolute Gasteiger partial charge is 0.226 e. The van der Waals surface area contributed by atoms with Crippen molar-refractivity contribution in [2.24, 2.45) is 0 Å². The van der Waals surface area contributed by atoms with Crippen LogP contribution in [-0.2, 0) is 17.6 Å². The van der Waals surface area contributed by atoms with E-state index in [9.17, 15) is 4.79 Å². The van der Waals surface area contributed by atoms with Gasteiger partial charge < -0.3 is 4.90 Å². The van der Waals surface area contributed by atoms with E-state index < -0.39 is 0 Å².